The highest BCUT2D eigenvalue weighted by Crippen LogP contribution is 2.44. The molecule has 1 saturated heterocycles. The van der Waals surface area contributed by atoms with E-state index in [0.29, 0.717) is 12.0 Å². The van der Waals surface area contributed by atoms with Gasteiger partial charge >= 0.3 is 0 Å². The summed E-state index contributed by atoms with van der Waals surface area (Å²) in [6.07, 6.45) is 2.40. The summed E-state index contributed by atoms with van der Waals surface area (Å²) in [5.74, 6) is -0.0810. The second-order valence-corrected chi connectivity index (χ2v) is 9.59. The van der Waals surface area contributed by atoms with Crippen molar-refractivity contribution < 1.29 is 19.4 Å². The van der Waals surface area contributed by atoms with Crippen LogP contribution in [0, 0.1) is 17.8 Å². The van der Waals surface area contributed by atoms with E-state index in [-0.39, 0.29) is 29.6 Å². The number of ketones is 1. The molecule has 2 fully saturated rings. The molecular weight excluding hydrogens is 400 g/mol. The van der Waals surface area contributed by atoms with Gasteiger partial charge in [-0.3, -0.25) is 9.69 Å². The Morgan fingerprint density at radius 1 is 1.27 bits per heavy atom. The molecule has 5 rings (SSSR count). The van der Waals surface area contributed by atoms with Gasteiger partial charge < -0.3 is 14.6 Å². The van der Waals surface area contributed by atoms with Gasteiger partial charge in [-0.1, -0.05) is 25.5 Å². The Morgan fingerprint density at radius 2 is 2.07 bits per heavy atom. The number of hydrogen-bond acceptors (Lipinski definition) is 7. The number of aliphatic hydroxyl groups is 1. The van der Waals surface area contributed by atoms with Gasteiger partial charge in [0.1, 0.15) is 11.1 Å². The predicted octanol–water partition coefficient (Wildman–Crippen LogP) is 2.96. The van der Waals surface area contributed by atoms with Crippen LogP contribution in [0.5, 0.6) is 0 Å². The molecule has 1 saturated carbocycles. The topological polar surface area (TPSA) is 71.9 Å². The van der Waals surface area contributed by atoms with Gasteiger partial charge in [0.25, 0.3) is 0 Å². The lowest BCUT2D eigenvalue weighted by Gasteiger charge is -2.47. The van der Waals surface area contributed by atoms with E-state index in [4.69, 9.17) is 9.47 Å². The summed E-state index contributed by atoms with van der Waals surface area (Å²) in [5.41, 5.74) is 1.48. The van der Waals surface area contributed by atoms with Crippen LogP contribution < -0.4 is 0 Å². The molecule has 30 heavy (non-hydrogen) atoms. The number of Topliss-reactive ketones (excluding diaryl/α,β-unsaturated/α-hetero) is 1. The fraction of sp³-hybridized carbons (Fsp3) is 0.565. The van der Waals surface area contributed by atoms with E-state index < -0.39 is 6.10 Å². The van der Waals surface area contributed by atoms with Crippen molar-refractivity contribution in [1.29, 1.82) is 0 Å². The minimum Gasteiger partial charge on any atom is -0.496 e. The van der Waals surface area contributed by atoms with Gasteiger partial charge in [-0.25, -0.2) is 4.98 Å². The van der Waals surface area contributed by atoms with Gasteiger partial charge in [0, 0.05) is 25.6 Å². The number of fused-ring (bicyclic) bond motifs is 2. The normalized spacial score (nSPS) is 32.5. The minimum absolute atomic E-state index is 0.0797. The number of thiazole rings is 1. The molecule has 1 aliphatic carbocycles. The highest BCUT2D eigenvalue weighted by atomic mass is 32.1. The van der Waals surface area contributed by atoms with Crippen LogP contribution >= 0.6 is 11.3 Å². The van der Waals surface area contributed by atoms with Gasteiger partial charge in [0.05, 0.1) is 47.3 Å². The molecule has 1 N–H and O–H groups in total. The number of hydrogen-bond donors (Lipinski definition) is 1. The van der Waals surface area contributed by atoms with Crippen LogP contribution in [0.1, 0.15) is 24.8 Å². The third-order valence-corrected chi connectivity index (χ3v) is 7.93. The maximum Gasteiger partial charge on any atom is 0.175 e. The Labute approximate surface area is 180 Å². The molecule has 5 unspecified atom stereocenters. The van der Waals surface area contributed by atoms with E-state index in [1.54, 1.807) is 6.26 Å². The zero-order valence-electron chi connectivity index (χ0n) is 17.2. The predicted molar refractivity (Wildman–Crippen MR) is 116 cm³/mol. The summed E-state index contributed by atoms with van der Waals surface area (Å²) in [7, 11) is 0. The van der Waals surface area contributed by atoms with Crippen LogP contribution in [0.3, 0.4) is 0 Å². The number of morpholine rings is 1. The summed E-state index contributed by atoms with van der Waals surface area (Å²) in [5, 5.41) is 11.8. The fourth-order valence-electron chi connectivity index (χ4n) is 5.14. The van der Waals surface area contributed by atoms with Crippen molar-refractivity contribution in [3.63, 3.8) is 0 Å². The van der Waals surface area contributed by atoms with Crippen LogP contribution in [0.2, 0.25) is 0 Å². The van der Waals surface area contributed by atoms with Crippen molar-refractivity contribution in [3.05, 3.63) is 35.5 Å². The van der Waals surface area contributed by atoms with Crippen LogP contribution in [0.15, 0.2) is 30.5 Å². The smallest absolute Gasteiger partial charge is 0.175 e. The van der Waals surface area contributed by atoms with Gasteiger partial charge in [0.15, 0.2) is 5.78 Å². The van der Waals surface area contributed by atoms with E-state index in [9.17, 15) is 9.90 Å². The lowest BCUT2D eigenvalue weighted by molar-refractivity contribution is -0.142. The number of para-hydroxylation sites is 1. The molecular formula is C23H28N2O4S. The summed E-state index contributed by atoms with van der Waals surface area (Å²) in [6.45, 7) is 5.99. The number of carbonyl (C=O) groups is 1. The summed E-state index contributed by atoms with van der Waals surface area (Å²) in [6, 6.07) is 7.93. The Bertz CT molecular complexity index is 919. The van der Waals surface area contributed by atoms with Crippen molar-refractivity contribution in [1.82, 2.24) is 9.88 Å². The second-order valence-electron chi connectivity index (χ2n) is 8.56. The second kappa shape index (κ2) is 8.38. The first-order valence-electron chi connectivity index (χ1n) is 10.9. The standard InChI is InChI=1S/C23H28N2O4S/c1-2-14-11-15-21(27)17(23-24-18-5-3-4-6-19(18)30-23)13-29-22(15)16(20(14)26)12-25-7-9-28-10-8-25/h3-6,13-16,20,22,26H,2,7-12H2,1H3. The highest BCUT2D eigenvalue weighted by molar-refractivity contribution is 7.19. The van der Waals surface area contributed by atoms with Crippen LogP contribution in [0.4, 0.5) is 0 Å². The average Bonchev–Trinajstić information content (AvgIpc) is 3.20. The quantitative estimate of drug-likeness (QED) is 0.807. The zero-order valence-corrected chi connectivity index (χ0v) is 18.0. The van der Waals surface area contributed by atoms with Crippen LogP contribution in [-0.4, -0.2) is 65.8 Å². The summed E-state index contributed by atoms with van der Waals surface area (Å²) >= 11 is 1.53. The Morgan fingerprint density at radius 3 is 2.83 bits per heavy atom. The monoisotopic (exact) mass is 428 g/mol. The molecule has 0 spiro atoms. The molecule has 6 nitrogen and oxygen atoms in total. The van der Waals surface area contributed by atoms with E-state index in [1.165, 1.54) is 11.3 Å². The Kier molecular flexibility index (Phi) is 5.62. The molecule has 0 radical (unpaired) electrons. The largest absolute Gasteiger partial charge is 0.496 e. The molecule has 2 aromatic rings. The highest BCUT2D eigenvalue weighted by Gasteiger charge is 2.50. The molecule has 5 atom stereocenters. The Balaban J connectivity index is 1.43. The van der Waals surface area contributed by atoms with Gasteiger partial charge in [-0.2, -0.15) is 0 Å². The molecule has 3 aliphatic rings. The number of ether oxygens (including phenoxy) is 2. The van der Waals surface area contributed by atoms with Crippen LogP contribution in [0.25, 0.3) is 15.8 Å². The molecule has 0 bridgehead atoms. The number of aliphatic hydroxyl groups excluding tert-OH is 1. The third-order valence-electron chi connectivity index (χ3n) is 6.86. The first-order chi connectivity index (χ1) is 14.7. The molecule has 7 heteroatoms. The molecule has 2 aliphatic heterocycles. The first kappa shape index (κ1) is 20.1. The molecule has 160 valence electrons. The summed E-state index contributed by atoms with van der Waals surface area (Å²) < 4.78 is 12.7. The number of aromatic nitrogens is 1. The number of benzene rings is 1. The van der Waals surface area contributed by atoms with Crippen molar-refractivity contribution >= 4 is 32.9 Å². The molecule has 1 aromatic carbocycles. The number of nitrogens with zero attached hydrogens (tertiary/aromatic N) is 2. The molecule has 1 aromatic heterocycles. The Hall–Kier alpha value is -1.80. The third kappa shape index (κ3) is 3.58. The zero-order chi connectivity index (χ0) is 20.7. The SMILES string of the molecule is CCC1CC2C(=O)C(c3nc4ccccc4s3)=COC2C(CN2CCOCC2)C1O. The maximum atomic E-state index is 13.5. The number of allylic oxidation sites excluding steroid dienone is 1. The van der Waals surface area contributed by atoms with E-state index in [0.717, 1.165) is 54.5 Å². The lowest BCUT2D eigenvalue weighted by Crippen LogP contribution is -2.56. The first-order valence-corrected chi connectivity index (χ1v) is 11.7. The molecule has 3 heterocycles. The van der Waals surface area contributed by atoms with E-state index in [1.807, 2.05) is 24.3 Å². The lowest BCUT2D eigenvalue weighted by atomic mass is 9.67. The van der Waals surface area contributed by atoms with E-state index in [2.05, 4.69) is 16.8 Å². The van der Waals surface area contributed by atoms with Crippen molar-refractivity contribution in [2.24, 2.45) is 17.8 Å². The summed E-state index contributed by atoms with van der Waals surface area (Å²) in [4.78, 5) is 20.5. The van der Waals surface area contributed by atoms with Crippen LogP contribution in [-0.2, 0) is 14.3 Å². The number of rotatable bonds is 4. The van der Waals surface area contributed by atoms with Crippen molar-refractivity contribution in [2.45, 2.75) is 32.0 Å². The van der Waals surface area contributed by atoms with Gasteiger partial charge in [0.2, 0.25) is 0 Å². The molecule has 0 amide bonds. The number of carbonyl (C=O) groups excluding carboxylic acids is 1. The average molecular weight is 429 g/mol. The maximum absolute atomic E-state index is 13.5. The fourth-order valence-corrected chi connectivity index (χ4v) is 6.12. The van der Waals surface area contributed by atoms with Crippen molar-refractivity contribution in [3.8, 4) is 0 Å². The minimum atomic E-state index is -0.454. The van der Waals surface area contributed by atoms with Gasteiger partial charge in [-0.15, -0.1) is 11.3 Å². The van der Waals surface area contributed by atoms with E-state index >= 15 is 0 Å². The van der Waals surface area contributed by atoms with Crippen molar-refractivity contribution in [2.75, 3.05) is 32.8 Å². The van der Waals surface area contributed by atoms with Gasteiger partial charge in [-0.05, 0) is 24.5 Å².